The molecule has 0 radical (unpaired) electrons. The second-order valence-corrected chi connectivity index (χ2v) is 8.45. The van der Waals surface area contributed by atoms with E-state index in [4.69, 9.17) is 4.42 Å². The number of thiazole rings is 1. The summed E-state index contributed by atoms with van der Waals surface area (Å²) in [5, 5.41) is 7.70. The molecule has 2 amide bonds. The molecule has 0 saturated heterocycles. The van der Waals surface area contributed by atoms with Gasteiger partial charge >= 0.3 is 0 Å². The molecular formula is C21H21F2N3O3S2. The zero-order chi connectivity index (χ0) is 22.2. The maximum absolute atomic E-state index is 12.3. The van der Waals surface area contributed by atoms with Crippen LogP contribution in [0.4, 0.5) is 13.9 Å². The van der Waals surface area contributed by atoms with Crippen LogP contribution in [0, 0.1) is 0 Å². The van der Waals surface area contributed by atoms with Gasteiger partial charge in [0.05, 0.1) is 11.4 Å². The fraction of sp³-hybridized carbons (Fsp3) is 0.286. The molecule has 0 aliphatic rings. The number of alkyl halides is 2. The molecule has 0 atom stereocenters. The normalized spacial score (nSPS) is 11.0. The highest BCUT2D eigenvalue weighted by Crippen LogP contribution is 2.26. The van der Waals surface area contributed by atoms with Gasteiger partial charge in [-0.1, -0.05) is 36.0 Å². The van der Waals surface area contributed by atoms with E-state index in [1.807, 2.05) is 29.6 Å². The summed E-state index contributed by atoms with van der Waals surface area (Å²) in [4.78, 5) is 27.6. The largest absolute Gasteiger partial charge is 0.455 e. The Morgan fingerprint density at radius 1 is 1.19 bits per heavy atom. The number of thioether (sulfide) groups is 1. The van der Waals surface area contributed by atoms with Crippen molar-refractivity contribution in [2.24, 2.45) is 0 Å². The van der Waals surface area contributed by atoms with Crippen LogP contribution in [-0.4, -0.2) is 29.1 Å². The van der Waals surface area contributed by atoms with Gasteiger partial charge in [-0.25, -0.2) is 4.98 Å². The van der Waals surface area contributed by atoms with E-state index in [1.165, 1.54) is 30.4 Å². The summed E-state index contributed by atoms with van der Waals surface area (Å²) in [7, 11) is 0. The maximum Gasteiger partial charge on any atom is 0.293 e. The predicted molar refractivity (Wildman–Crippen MR) is 119 cm³/mol. The Kier molecular flexibility index (Phi) is 8.19. The van der Waals surface area contributed by atoms with E-state index in [0.29, 0.717) is 29.2 Å². The van der Waals surface area contributed by atoms with Crippen molar-refractivity contribution < 1.29 is 22.8 Å². The van der Waals surface area contributed by atoms with Gasteiger partial charge in [0.15, 0.2) is 10.9 Å². The number of halogens is 2. The molecular weight excluding hydrogens is 444 g/mol. The Labute approximate surface area is 186 Å². The second kappa shape index (κ2) is 11.1. The highest BCUT2D eigenvalue weighted by molar-refractivity contribution is 7.98. The van der Waals surface area contributed by atoms with Crippen molar-refractivity contribution in [1.82, 2.24) is 10.3 Å². The molecule has 2 N–H and O–H groups in total. The van der Waals surface area contributed by atoms with E-state index >= 15 is 0 Å². The molecule has 2 heterocycles. The molecule has 6 nitrogen and oxygen atoms in total. The topological polar surface area (TPSA) is 84.2 Å². The molecule has 164 valence electrons. The monoisotopic (exact) mass is 465 g/mol. The van der Waals surface area contributed by atoms with Gasteiger partial charge in [-0.15, -0.1) is 11.3 Å². The van der Waals surface area contributed by atoms with Gasteiger partial charge in [-0.3, -0.25) is 14.9 Å². The first-order valence-electron chi connectivity index (χ1n) is 9.50. The lowest BCUT2D eigenvalue weighted by molar-refractivity contribution is -0.118. The number of nitrogens with zero attached hydrogens (tertiary/aromatic N) is 1. The fourth-order valence-electron chi connectivity index (χ4n) is 2.74. The summed E-state index contributed by atoms with van der Waals surface area (Å²) in [6, 6.07) is 10.9. The molecule has 2 aromatic heterocycles. The number of amides is 2. The Morgan fingerprint density at radius 2 is 1.97 bits per heavy atom. The molecule has 0 aliphatic heterocycles. The van der Waals surface area contributed by atoms with Gasteiger partial charge in [-0.05, 0) is 30.5 Å². The molecule has 0 unspecified atom stereocenters. The van der Waals surface area contributed by atoms with Gasteiger partial charge < -0.3 is 9.73 Å². The van der Waals surface area contributed by atoms with Crippen molar-refractivity contribution in [2.75, 3.05) is 11.9 Å². The molecule has 3 rings (SSSR count). The summed E-state index contributed by atoms with van der Waals surface area (Å²) in [6.07, 6.45) is 1.72. The van der Waals surface area contributed by atoms with E-state index in [1.54, 1.807) is 0 Å². The third kappa shape index (κ3) is 7.18. The summed E-state index contributed by atoms with van der Waals surface area (Å²) in [6.45, 7) is 2.15. The van der Waals surface area contributed by atoms with Crippen LogP contribution in [0.25, 0.3) is 11.3 Å². The number of nitrogens with one attached hydrogen (secondary N) is 2. The first kappa shape index (κ1) is 23.0. The van der Waals surface area contributed by atoms with Crippen LogP contribution in [-0.2, 0) is 17.0 Å². The van der Waals surface area contributed by atoms with Crippen LogP contribution < -0.4 is 10.6 Å². The third-order valence-corrected chi connectivity index (χ3v) is 5.69. The number of rotatable bonds is 10. The Bertz CT molecular complexity index is 1020. The Balaban J connectivity index is 1.54. The van der Waals surface area contributed by atoms with Crippen molar-refractivity contribution >= 4 is 40.0 Å². The number of hydrogen-bond acceptors (Lipinski definition) is 6. The molecule has 10 heteroatoms. The standard InChI is InChI=1S/C21H21F2N3O3S2/c1-13(27)24-10-2-3-14-4-6-15(7-5-14)17-12-31-21(25-17)26-19(28)18-9-8-16(29-18)11-30-20(22)23/h4-9,12,20H,2-3,10-11H2,1H3,(H,24,27)(H,25,26,28). The minimum absolute atomic E-state index is 0.00438. The summed E-state index contributed by atoms with van der Waals surface area (Å²) >= 11 is 1.72. The number of carbonyl (C=O) groups excluding carboxylic acids is 2. The highest BCUT2D eigenvalue weighted by atomic mass is 32.2. The van der Waals surface area contributed by atoms with Crippen LogP contribution in [0.15, 0.2) is 46.2 Å². The summed E-state index contributed by atoms with van der Waals surface area (Å²) < 4.78 is 29.8. The van der Waals surface area contributed by atoms with Crippen LogP contribution >= 0.6 is 23.1 Å². The molecule has 0 saturated carbocycles. The van der Waals surface area contributed by atoms with E-state index in [0.717, 1.165) is 29.7 Å². The SMILES string of the molecule is CC(=O)NCCCc1ccc(-c2csc(NC(=O)c3ccc(CSC(F)F)o3)n2)cc1. The third-order valence-electron chi connectivity index (χ3n) is 4.23. The lowest BCUT2D eigenvalue weighted by Gasteiger charge is -2.04. The van der Waals surface area contributed by atoms with Crippen LogP contribution in [0.1, 0.15) is 35.2 Å². The van der Waals surface area contributed by atoms with Crippen molar-refractivity contribution in [3.63, 3.8) is 0 Å². The van der Waals surface area contributed by atoms with Crippen molar-refractivity contribution in [1.29, 1.82) is 0 Å². The molecule has 0 aliphatic carbocycles. The molecule has 1 aromatic carbocycles. The lowest BCUT2D eigenvalue weighted by atomic mass is 10.1. The van der Waals surface area contributed by atoms with Crippen molar-refractivity contribution in [3.8, 4) is 11.3 Å². The number of furan rings is 1. The number of benzene rings is 1. The average molecular weight is 466 g/mol. The molecule has 0 bridgehead atoms. The van der Waals surface area contributed by atoms with E-state index < -0.39 is 11.7 Å². The predicted octanol–water partition coefficient (Wildman–Crippen LogP) is 5.18. The number of carbonyl (C=O) groups is 2. The summed E-state index contributed by atoms with van der Waals surface area (Å²) in [5.41, 5.74) is 2.82. The Morgan fingerprint density at radius 3 is 2.68 bits per heavy atom. The van der Waals surface area contributed by atoms with Gasteiger partial charge in [0.25, 0.3) is 11.7 Å². The van der Waals surface area contributed by atoms with Crippen LogP contribution in [0.3, 0.4) is 0 Å². The smallest absolute Gasteiger partial charge is 0.293 e. The maximum atomic E-state index is 12.3. The number of aryl methyl sites for hydroxylation is 1. The molecule has 0 spiro atoms. The number of aromatic nitrogens is 1. The minimum Gasteiger partial charge on any atom is -0.455 e. The first-order valence-corrected chi connectivity index (χ1v) is 11.4. The number of hydrogen-bond donors (Lipinski definition) is 2. The van der Waals surface area contributed by atoms with Gasteiger partial charge in [0, 0.05) is 24.4 Å². The molecule has 0 fully saturated rings. The quantitative estimate of drug-likeness (QED) is 0.403. The lowest BCUT2D eigenvalue weighted by Crippen LogP contribution is -2.21. The Hall–Kier alpha value is -2.72. The fourth-order valence-corrected chi connectivity index (χ4v) is 3.90. The van der Waals surface area contributed by atoms with Gasteiger partial charge in [0.2, 0.25) is 5.91 Å². The van der Waals surface area contributed by atoms with Crippen LogP contribution in [0.5, 0.6) is 0 Å². The van der Waals surface area contributed by atoms with Crippen molar-refractivity contribution in [3.05, 3.63) is 58.9 Å². The zero-order valence-corrected chi connectivity index (χ0v) is 18.3. The highest BCUT2D eigenvalue weighted by Gasteiger charge is 2.15. The minimum atomic E-state index is -2.49. The zero-order valence-electron chi connectivity index (χ0n) is 16.7. The second-order valence-electron chi connectivity index (χ2n) is 6.61. The van der Waals surface area contributed by atoms with E-state index in [-0.39, 0.29) is 17.4 Å². The molecule has 31 heavy (non-hydrogen) atoms. The van der Waals surface area contributed by atoms with Crippen LogP contribution in [0.2, 0.25) is 0 Å². The average Bonchev–Trinajstić information content (AvgIpc) is 3.40. The number of anilines is 1. The van der Waals surface area contributed by atoms with Crippen molar-refractivity contribution in [2.45, 2.75) is 31.3 Å². The van der Waals surface area contributed by atoms with Gasteiger partial charge in [-0.2, -0.15) is 8.78 Å². The van der Waals surface area contributed by atoms with E-state index in [2.05, 4.69) is 15.6 Å². The van der Waals surface area contributed by atoms with Gasteiger partial charge in [0.1, 0.15) is 5.76 Å². The molecule has 3 aromatic rings. The van der Waals surface area contributed by atoms with E-state index in [9.17, 15) is 18.4 Å². The first-order chi connectivity index (χ1) is 14.9. The summed E-state index contributed by atoms with van der Waals surface area (Å²) in [5.74, 6) is -2.65.